The van der Waals surface area contributed by atoms with Crippen LogP contribution in [0.2, 0.25) is 0 Å². The molecule has 2 aliphatic rings. The lowest BCUT2D eigenvalue weighted by Crippen LogP contribution is -2.23. The molecule has 2 heterocycles. The summed E-state index contributed by atoms with van der Waals surface area (Å²) >= 11 is 1.95. The molecule has 2 aliphatic heterocycles. The number of ether oxygens (including phenoxy) is 2. The van der Waals surface area contributed by atoms with Gasteiger partial charge in [-0.25, -0.2) is 4.79 Å². The minimum atomic E-state index is -0.263. The molecule has 2 fully saturated rings. The number of esters is 1. The number of hydrogen-bond acceptors (Lipinski definition) is 4. The van der Waals surface area contributed by atoms with Crippen LogP contribution in [0.1, 0.15) is 26.2 Å². The van der Waals surface area contributed by atoms with E-state index in [1.54, 1.807) is 0 Å². The van der Waals surface area contributed by atoms with Gasteiger partial charge in [0.2, 0.25) is 0 Å². The van der Waals surface area contributed by atoms with Crippen molar-refractivity contribution in [3.63, 3.8) is 0 Å². The SMILES string of the molecule is CCOC(=O)C1OC12CCCSCC2. The van der Waals surface area contributed by atoms with E-state index < -0.39 is 0 Å². The summed E-state index contributed by atoms with van der Waals surface area (Å²) < 4.78 is 10.5. The molecule has 0 radical (unpaired) electrons. The Morgan fingerprint density at radius 3 is 3.21 bits per heavy atom. The lowest BCUT2D eigenvalue weighted by molar-refractivity contribution is -0.144. The highest BCUT2D eigenvalue weighted by Crippen LogP contribution is 2.46. The van der Waals surface area contributed by atoms with E-state index in [4.69, 9.17) is 9.47 Å². The Morgan fingerprint density at radius 1 is 1.57 bits per heavy atom. The molecule has 1 spiro atoms. The Balaban J connectivity index is 1.90. The quantitative estimate of drug-likeness (QED) is 0.519. The zero-order valence-electron chi connectivity index (χ0n) is 8.45. The Labute approximate surface area is 88.5 Å². The summed E-state index contributed by atoms with van der Waals surface area (Å²) in [6, 6.07) is 0. The van der Waals surface area contributed by atoms with Crippen molar-refractivity contribution < 1.29 is 14.3 Å². The number of epoxide rings is 1. The molecule has 4 heteroatoms. The number of carbonyl (C=O) groups excluding carboxylic acids is 1. The second kappa shape index (κ2) is 4.11. The zero-order chi connectivity index (χ0) is 10.0. The van der Waals surface area contributed by atoms with E-state index in [1.807, 2.05) is 18.7 Å². The maximum absolute atomic E-state index is 11.4. The molecule has 0 aromatic heterocycles. The first-order valence-corrected chi connectivity index (χ1v) is 6.36. The predicted octanol–water partition coefficient (Wildman–Crippen LogP) is 1.60. The molecule has 0 saturated carbocycles. The average Bonchev–Trinajstić information content (AvgIpc) is 2.92. The molecule has 0 aliphatic carbocycles. The molecule has 0 bridgehead atoms. The fourth-order valence-electron chi connectivity index (χ4n) is 2.01. The molecule has 2 rings (SSSR count). The molecule has 0 aromatic carbocycles. The predicted molar refractivity (Wildman–Crippen MR) is 55.4 cm³/mol. The summed E-state index contributed by atoms with van der Waals surface area (Å²) in [5, 5.41) is 0. The van der Waals surface area contributed by atoms with E-state index in [0.717, 1.165) is 25.0 Å². The standard InChI is InChI=1S/C10H16O3S/c1-2-12-9(11)8-10(13-8)4-3-6-14-7-5-10/h8H,2-7H2,1H3. The molecule has 2 saturated heterocycles. The highest BCUT2D eigenvalue weighted by Gasteiger charge is 2.60. The number of carbonyl (C=O) groups is 1. The van der Waals surface area contributed by atoms with Crippen LogP contribution in [0.15, 0.2) is 0 Å². The third-order valence-electron chi connectivity index (χ3n) is 2.83. The van der Waals surface area contributed by atoms with Gasteiger partial charge in [0.1, 0.15) is 5.60 Å². The molecule has 0 N–H and O–H groups in total. The van der Waals surface area contributed by atoms with Crippen LogP contribution in [0.3, 0.4) is 0 Å². The van der Waals surface area contributed by atoms with Crippen LogP contribution in [-0.4, -0.2) is 35.8 Å². The van der Waals surface area contributed by atoms with E-state index in [9.17, 15) is 4.79 Å². The van der Waals surface area contributed by atoms with Crippen molar-refractivity contribution in [2.24, 2.45) is 0 Å². The largest absolute Gasteiger partial charge is 0.464 e. The second-order valence-electron chi connectivity index (χ2n) is 3.78. The molecular weight excluding hydrogens is 200 g/mol. The van der Waals surface area contributed by atoms with Gasteiger partial charge in [-0.05, 0) is 37.7 Å². The van der Waals surface area contributed by atoms with E-state index in [1.165, 1.54) is 5.75 Å². The van der Waals surface area contributed by atoms with Crippen LogP contribution >= 0.6 is 11.8 Å². The number of hydrogen-bond donors (Lipinski definition) is 0. The summed E-state index contributed by atoms with van der Waals surface area (Å²) in [4.78, 5) is 11.4. The van der Waals surface area contributed by atoms with Crippen LogP contribution in [-0.2, 0) is 14.3 Å². The summed E-state index contributed by atoms with van der Waals surface area (Å²) in [6.07, 6.45) is 2.91. The molecule has 2 atom stereocenters. The van der Waals surface area contributed by atoms with Crippen LogP contribution in [0.25, 0.3) is 0 Å². The highest BCUT2D eigenvalue weighted by atomic mass is 32.2. The molecule has 0 amide bonds. The lowest BCUT2D eigenvalue weighted by atomic mass is 9.97. The fraction of sp³-hybridized carbons (Fsp3) is 0.900. The Kier molecular flexibility index (Phi) is 3.02. The average molecular weight is 216 g/mol. The molecular formula is C10H16O3S. The first-order valence-electron chi connectivity index (χ1n) is 5.21. The maximum Gasteiger partial charge on any atom is 0.338 e. The van der Waals surface area contributed by atoms with Gasteiger partial charge in [-0.1, -0.05) is 0 Å². The van der Waals surface area contributed by atoms with E-state index in [2.05, 4.69) is 0 Å². The monoisotopic (exact) mass is 216 g/mol. The van der Waals surface area contributed by atoms with Crippen molar-refractivity contribution in [3.8, 4) is 0 Å². The van der Waals surface area contributed by atoms with Crippen LogP contribution < -0.4 is 0 Å². The van der Waals surface area contributed by atoms with Gasteiger partial charge in [0.25, 0.3) is 0 Å². The molecule has 80 valence electrons. The molecule has 3 nitrogen and oxygen atoms in total. The van der Waals surface area contributed by atoms with Crippen molar-refractivity contribution in [1.82, 2.24) is 0 Å². The highest BCUT2D eigenvalue weighted by molar-refractivity contribution is 7.99. The first-order chi connectivity index (χ1) is 6.78. The van der Waals surface area contributed by atoms with Gasteiger partial charge in [-0.3, -0.25) is 0 Å². The second-order valence-corrected chi connectivity index (χ2v) is 5.01. The minimum Gasteiger partial charge on any atom is -0.464 e. The molecule has 2 unspecified atom stereocenters. The maximum atomic E-state index is 11.4. The lowest BCUT2D eigenvalue weighted by Gasteiger charge is -2.06. The van der Waals surface area contributed by atoms with Crippen molar-refractivity contribution in [3.05, 3.63) is 0 Å². The number of rotatable bonds is 2. The first kappa shape index (κ1) is 10.3. The van der Waals surface area contributed by atoms with Gasteiger partial charge in [0.15, 0.2) is 6.10 Å². The van der Waals surface area contributed by atoms with Gasteiger partial charge in [-0.15, -0.1) is 0 Å². The summed E-state index contributed by atoms with van der Waals surface area (Å²) in [5.41, 5.74) is -0.143. The summed E-state index contributed by atoms with van der Waals surface area (Å²) in [5.74, 6) is 2.13. The molecule has 0 aromatic rings. The topological polar surface area (TPSA) is 38.8 Å². The smallest absolute Gasteiger partial charge is 0.338 e. The Hall–Kier alpha value is -0.220. The third-order valence-corrected chi connectivity index (χ3v) is 3.90. The van der Waals surface area contributed by atoms with Gasteiger partial charge in [-0.2, -0.15) is 11.8 Å². The van der Waals surface area contributed by atoms with Gasteiger partial charge in [0, 0.05) is 0 Å². The Morgan fingerprint density at radius 2 is 2.43 bits per heavy atom. The van der Waals surface area contributed by atoms with Crippen molar-refractivity contribution >= 4 is 17.7 Å². The van der Waals surface area contributed by atoms with Crippen molar-refractivity contribution in [2.45, 2.75) is 37.9 Å². The van der Waals surface area contributed by atoms with E-state index >= 15 is 0 Å². The van der Waals surface area contributed by atoms with Crippen LogP contribution in [0, 0.1) is 0 Å². The number of thioether (sulfide) groups is 1. The van der Waals surface area contributed by atoms with E-state index in [0.29, 0.717) is 6.61 Å². The molecule has 14 heavy (non-hydrogen) atoms. The van der Waals surface area contributed by atoms with Crippen molar-refractivity contribution in [2.75, 3.05) is 18.1 Å². The van der Waals surface area contributed by atoms with Gasteiger partial charge >= 0.3 is 5.97 Å². The van der Waals surface area contributed by atoms with Gasteiger partial charge in [0.05, 0.1) is 6.61 Å². The Bertz CT molecular complexity index is 221. The zero-order valence-corrected chi connectivity index (χ0v) is 9.27. The minimum absolute atomic E-state index is 0.143. The summed E-state index contributed by atoms with van der Waals surface area (Å²) in [6.45, 7) is 2.28. The van der Waals surface area contributed by atoms with E-state index in [-0.39, 0.29) is 17.7 Å². The third kappa shape index (κ3) is 1.91. The summed E-state index contributed by atoms with van der Waals surface area (Å²) in [7, 11) is 0. The van der Waals surface area contributed by atoms with Crippen LogP contribution in [0.5, 0.6) is 0 Å². The fourth-order valence-corrected chi connectivity index (χ4v) is 3.05. The van der Waals surface area contributed by atoms with Crippen molar-refractivity contribution in [1.29, 1.82) is 0 Å². The van der Waals surface area contributed by atoms with Crippen LogP contribution in [0.4, 0.5) is 0 Å². The normalized spacial score (nSPS) is 36.5. The van der Waals surface area contributed by atoms with Gasteiger partial charge < -0.3 is 9.47 Å².